The van der Waals surface area contributed by atoms with Crippen molar-refractivity contribution in [2.45, 2.75) is 6.92 Å². The summed E-state index contributed by atoms with van der Waals surface area (Å²) in [5, 5.41) is 0.954. The predicted octanol–water partition coefficient (Wildman–Crippen LogP) is 3.09. The molecule has 0 radical (unpaired) electrons. The van der Waals surface area contributed by atoms with Gasteiger partial charge in [-0.05, 0) is 25.1 Å². The fraction of sp³-hybridized carbons (Fsp3) is 0.300. The predicted molar refractivity (Wildman–Crippen MR) is 59.1 cm³/mol. The number of hydrogen-bond donors (Lipinski definition) is 0. The molecule has 0 saturated heterocycles. The third-order valence-corrected chi connectivity index (χ3v) is 2.37. The topological polar surface area (TPSA) is 20.3 Å². The van der Waals surface area contributed by atoms with Gasteiger partial charge in [-0.3, -0.25) is 4.79 Å². The van der Waals surface area contributed by atoms with Gasteiger partial charge in [-0.2, -0.15) is 0 Å². The zero-order chi connectivity index (χ0) is 10.7. The first kappa shape index (κ1) is 11.3. The van der Waals surface area contributed by atoms with Gasteiger partial charge >= 0.3 is 0 Å². The second-order valence-electron chi connectivity index (χ2n) is 2.98. The number of halogens is 2. The second kappa shape index (κ2) is 4.67. The van der Waals surface area contributed by atoms with Crippen molar-refractivity contribution < 1.29 is 4.79 Å². The van der Waals surface area contributed by atoms with E-state index in [0.29, 0.717) is 22.2 Å². The van der Waals surface area contributed by atoms with Gasteiger partial charge in [0.1, 0.15) is 0 Å². The average molecular weight is 232 g/mol. The lowest BCUT2D eigenvalue weighted by Gasteiger charge is -2.14. The Morgan fingerprint density at radius 3 is 2.21 bits per heavy atom. The summed E-state index contributed by atoms with van der Waals surface area (Å²) in [7, 11) is 1.73. The first-order valence-corrected chi connectivity index (χ1v) is 5.01. The number of carbonyl (C=O) groups excluding carboxylic acids is 1. The smallest absolute Gasteiger partial charge is 0.253 e. The van der Waals surface area contributed by atoms with E-state index >= 15 is 0 Å². The maximum atomic E-state index is 11.7. The summed E-state index contributed by atoms with van der Waals surface area (Å²) in [6.45, 7) is 2.56. The number of hydrogen-bond acceptors (Lipinski definition) is 1. The van der Waals surface area contributed by atoms with E-state index in [2.05, 4.69) is 0 Å². The highest BCUT2D eigenvalue weighted by Crippen LogP contribution is 2.19. The molecule has 0 aliphatic carbocycles. The van der Waals surface area contributed by atoms with Crippen LogP contribution < -0.4 is 0 Å². The fourth-order valence-electron chi connectivity index (χ4n) is 1.04. The highest BCUT2D eigenvalue weighted by Gasteiger charge is 2.10. The monoisotopic (exact) mass is 231 g/mol. The first-order chi connectivity index (χ1) is 6.54. The van der Waals surface area contributed by atoms with Crippen LogP contribution in [0.4, 0.5) is 0 Å². The maximum absolute atomic E-state index is 11.7. The Morgan fingerprint density at radius 1 is 1.29 bits per heavy atom. The van der Waals surface area contributed by atoms with E-state index in [0.717, 1.165) is 0 Å². The molecule has 4 heteroatoms. The number of carbonyl (C=O) groups is 1. The van der Waals surface area contributed by atoms with Crippen LogP contribution in [0.3, 0.4) is 0 Å². The van der Waals surface area contributed by atoms with Crippen LogP contribution in [0.25, 0.3) is 0 Å². The lowest BCUT2D eigenvalue weighted by atomic mass is 10.2. The molecule has 1 rings (SSSR count). The van der Waals surface area contributed by atoms with E-state index in [1.165, 1.54) is 0 Å². The van der Waals surface area contributed by atoms with E-state index in [1.807, 2.05) is 6.92 Å². The van der Waals surface area contributed by atoms with Crippen LogP contribution in [-0.4, -0.2) is 24.4 Å². The number of rotatable bonds is 2. The normalized spacial score (nSPS) is 10.0. The molecule has 0 aromatic heterocycles. The van der Waals surface area contributed by atoms with Crippen molar-refractivity contribution in [1.29, 1.82) is 0 Å². The summed E-state index contributed by atoms with van der Waals surface area (Å²) in [6, 6.07) is 4.83. The molecule has 14 heavy (non-hydrogen) atoms. The highest BCUT2D eigenvalue weighted by molar-refractivity contribution is 6.35. The molecule has 0 spiro atoms. The van der Waals surface area contributed by atoms with E-state index in [1.54, 1.807) is 30.1 Å². The Hall–Kier alpha value is -0.730. The van der Waals surface area contributed by atoms with Crippen LogP contribution in [0.1, 0.15) is 17.3 Å². The molecular formula is C10H11Cl2NO. The Bertz CT molecular complexity index is 332. The zero-order valence-electron chi connectivity index (χ0n) is 8.05. The summed E-state index contributed by atoms with van der Waals surface area (Å²) in [5.41, 5.74) is 0.520. The van der Waals surface area contributed by atoms with E-state index in [4.69, 9.17) is 23.2 Å². The lowest BCUT2D eigenvalue weighted by molar-refractivity contribution is 0.0802. The molecular weight excluding hydrogens is 221 g/mol. The van der Waals surface area contributed by atoms with Crippen LogP contribution in [0.15, 0.2) is 18.2 Å². The van der Waals surface area contributed by atoms with Gasteiger partial charge in [0.15, 0.2) is 0 Å². The van der Waals surface area contributed by atoms with Crippen LogP contribution >= 0.6 is 23.2 Å². The van der Waals surface area contributed by atoms with Gasteiger partial charge in [-0.25, -0.2) is 0 Å². The third-order valence-electron chi connectivity index (χ3n) is 1.93. The van der Waals surface area contributed by atoms with Crippen LogP contribution in [0, 0.1) is 0 Å². The summed E-state index contributed by atoms with van der Waals surface area (Å²) >= 11 is 11.6. The lowest BCUT2D eigenvalue weighted by Crippen LogP contribution is -2.26. The highest BCUT2D eigenvalue weighted by atomic mass is 35.5. The van der Waals surface area contributed by atoms with Gasteiger partial charge in [-0.1, -0.05) is 23.2 Å². The molecule has 1 aromatic carbocycles. The number of benzene rings is 1. The molecule has 0 unspecified atom stereocenters. The van der Waals surface area contributed by atoms with Gasteiger partial charge < -0.3 is 4.90 Å². The number of amides is 1. The molecule has 0 bridgehead atoms. The standard InChI is InChI=1S/C10H11Cl2NO/c1-3-13(2)10(14)7-4-8(11)6-9(12)5-7/h4-6H,3H2,1-2H3. The van der Waals surface area contributed by atoms with Crippen LogP contribution in [0.5, 0.6) is 0 Å². The summed E-state index contributed by atoms with van der Waals surface area (Å²) in [5.74, 6) is -0.0723. The quantitative estimate of drug-likeness (QED) is 0.767. The molecule has 76 valence electrons. The van der Waals surface area contributed by atoms with Crippen molar-refractivity contribution in [2.24, 2.45) is 0 Å². The molecule has 0 N–H and O–H groups in total. The third kappa shape index (κ3) is 2.63. The minimum Gasteiger partial charge on any atom is -0.342 e. The maximum Gasteiger partial charge on any atom is 0.253 e. The molecule has 0 saturated carbocycles. The van der Waals surface area contributed by atoms with Gasteiger partial charge in [0.25, 0.3) is 5.91 Å². The Morgan fingerprint density at radius 2 is 1.79 bits per heavy atom. The van der Waals surface area contributed by atoms with Crippen molar-refractivity contribution in [2.75, 3.05) is 13.6 Å². The van der Waals surface area contributed by atoms with Gasteiger partial charge in [0.05, 0.1) is 0 Å². The van der Waals surface area contributed by atoms with Crippen LogP contribution in [0.2, 0.25) is 10.0 Å². The molecule has 0 atom stereocenters. The molecule has 0 aliphatic rings. The van der Waals surface area contributed by atoms with E-state index < -0.39 is 0 Å². The molecule has 1 amide bonds. The van der Waals surface area contributed by atoms with Gasteiger partial charge in [-0.15, -0.1) is 0 Å². The summed E-state index contributed by atoms with van der Waals surface area (Å²) in [4.78, 5) is 13.3. The first-order valence-electron chi connectivity index (χ1n) is 4.26. The fourth-order valence-corrected chi connectivity index (χ4v) is 1.57. The average Bonchev–Trinajstić information content (AvgIpc) is 2.14. The van der Waals surface area contributed by atoms with Crippen molar-refractivity contribution >= 4 is 29.1 Å². The minimum atomic E-state index is -0.0723. The van der Waals surface area contributed by atoms with Crippen LogP contribution in [-0.2, 0) is 0 Å². The minimum absolute atomic E-state index is 0.0723. The molecule has 0 aliphatic heterocycles. The van der Waals surface area contributed by atoms with Gasteiger partial charge in [0.2, 0.25) is 0 Å². The SMILES string of the molecule is CCN(C)C(=O)c1cc(Cl)cc(Cl)c1. The van der Waals surface area contributed by atoms with Crippen molar-refractivity contribution in [3.8, 4) is 0 Å². The summed E-state index contributed by atoms with van der Waals surface area (Å²) < 4.78 is 0. The zero-order valence-corrected chi connectivity index (χ0v) is 9.56. The van der Waals surface area contributed by atoms with E-state index in [-0.39, 0.29) is 5.91 Å². The molecule has 1 aromatic rings. The molecule has 2 nitrogen and oxygen atoms in total. The summed E-state index contributed by atoms with van der Waals surface area (Å²) in [6.07, 6.45) is 0. The number of nitrogens with zero attached hydrogens (tertiary/aromatic N) is 1. The Kier molecular flexibility index (Phi) is 3.78. The van der Waals surface area contributed by atoms with Crippen molar-refractivity contribution in [3.63, 3.8) is 0 Å². The largest absolute Gasteiger partial charge is 0.342 e. The van der Waals surface area contributed by atoms with E-state index in [9.17, 15) is 4.79 Å². The van der Waals surface area contributed by atoms with Crippen molar-refractivity contribution in [1.82, 2.24) is 4.90 Å². The molecule has 0 fully saturated rings. The van der Waals surface area contributed by atoms with Gasteiger partial charge in [0, 0.05) is 29.2 Å². The van der Waals surface area contributed by atoms with Crippen molar-refractivity contribution in [3.05, 3.63) is 33.8 Å². The Balaban J connectivity index is 3.01. The second-order valence-corrected chi connectivity index (χ2v) is 3.85. The Labute approximate surface area is 93.4 Å². The molecule has 0 heterocycles.